The number of nitrogens with zero attached hydrogens (tertiary/aromatic N) is 1. The molecule has 0 aliphatic carbocycles. The summed E-state index contributed by atoms with van der Waals surface area (Å²) in [5.74, 6) is -0.486. The number of hydrogen-bond acceptors (Lipinski definition) is 6. The van der Waals surface area contributed by atoms with Gasteiger partial charge in [-0.3, -0.25) is 9.59 Å². The number of carbonyl (C=O) groups excluding carboxylic acids is 2. The summed E-state index contributed by atoms with van der Waals surface area (Å²) >= 11 is 1.31. The highest BCUT2D eigenvalue weighted by atomic mass is 32.1. The molecule has 1 aliphatic heterocycles. The lowest BCUT2D eigenvalue weighted by Gasteiger charge is -2.15. The van der Waals surface area contributed by atoms with E-state index in [2.05, 4.69) is 10.3 Å². The fourth-order valence-corrected chi connectivity index (χ4v) is 3.07. The van der Waals surface area contributed by atoms with E-state index < -0.39 is 0 Å². The Bertz CT molecular complexity index is 503. The number of carbonyl (C=O) groups is 2. The lowest BCUT2D eigenvalue weighted by Crippen LogP contribution is -2.29. The molecule has 2 unspecified atom stereocenters. The first-order chi connectivity index (χ1) is 10.1. The lowest BCUT2D eigenvalue weighted by atomic mass is 9.99. The minimum Gasteiger partial charge on any atom is -0.466 e. The molecular weight excluding hydrogens is 292 g/mol. The Hall–Kier alpha value is -1.47. The van der Waals surface area contributed by atoms with E-state index in [1.807, 2.05) is 6.92 Å². The summed E-state index contributed by atoms with van der Waals surface area (Å²) in [5.41, 5.74) is 0.614. The smallest absolute Gasteiger partial charge is 0.311 e. The maximum absolute atomic E-state index is 12.2. The van der Waals surface area contributed by atoms with Gasteiger partial charge in [0.05, 0.1) is 30.7 Å². The van der Waals surface area contributed by atoms with Crippen molar-refractivity contribution in [3.05, 3.63) is 11.1 Å². The Kier molecular flexibility index (Phi) is 5.69. The molecule has 1 aromatic rings. The first kappa shape index (κ1) is 15.9. The number of thiazole rings is 1. The van der Waals surface area contributed by atoms with Crippen molar-refractivity contribution in [3.8, 4) is 0 Å². The van der Waals surface area contributed by atoms with Crippen molar-refractivity contribution in [1.29, 1.82) is 0 Å². The van der Waals surface area contributed by atoms with Gasteiger partial charge in [0.15, 0.2) is 5.13 Å². The van der Waals surface area contributed by atoms with Crippen molar-refractivity contribution < 1.29 is 19.1 Å². The van der Waals surface area contributed by atoms with Crippen molar-refractivity contribution in [2.75, 3.05) is 18.5 Å². The van der Waals surface area contributed by atoms with Gasteiger partial charge >= 0.3 is 5.97 Å². The summed E-state index contributed by atoms with van der Waals surface area (Å²) < 4.78 is 10.4. The van der Waals surface area contributed by atoms with Gasteiger partial charge in [-0.15, -0.1) is 11.3 Å². The van der Waals surface area contributed by atoms with Gasteiger partial charge < -0.3 is 14.8 Å². The molecular formula is C14H20N2O4S. The van der Waals surface area contributed by atoms with Crippen molar-refractivity contribution in [2.45, 2.75) is 39.2 Å². The standard InChI is InChI=1S/C14H20N2O4S/c1-3-11-10(5-6-20-11)13(18)16-14-15-9(8-21-14)7-12(17)19-4-2/h8,10-11H,3-7H2,1-2H3,(H,15,16,18). The number of amides is 1. The van der Waals surface area contributed by atoms with Crippen LogP contribution in [0.1, 0.15) is 32.4 Å². The highest BCUT2D eigenvalue weighted by Gasteiger charge is 2.33. The molecule has 1 aliphatic rings. The van der Waals surface area contributed by atoms with Crippen LogP contribution in [0.25, 0.3) is 0 Å². The minimum absolute atomic E-state index is 0.0102. The average Bonchev–Trinajstić information content (AvgIpc) is 3.07. The Morgan fingerprint density at radius 3 is 3.05 bits per heavy atom. The van der Waals surface area contributed by atoms with E-state index in [0.29, 0.717) is 24.0 Å². The molecule has 0 aromatic carbocycles. The summed E-state index contributed by atoms with van der Waals surface area (Å²) in [6, 6.07) is 0. The molecule has 2 atom stereocenters. The Morgan fingerprint density at radius 2 is 2.33 bits per heavy atom. The maximum atomic E-state index is 12.2. The molecule has 1 amide bonds. The summed E-state index contributed by atoms with van der Waals surface area (Å²) in [6.07, 6.45) is 1.68. The third-order valence-corrected chi connectivity index (χ3v) is 4.17. The largest absolute Gasteiger partial charge is 0.466 e. The van der Waals surface area contributed by atoms with Gasteiger partial charge in [0.1, 0.15) is 0 Å². The zero-order valence-corrected chi connectivity index (χ0v) is 13.1. The second-order valence-electron chi connectivity index (χ2n) is 4.83. The average molecular weight is 312 g/mol. The summed E-state index contributed by atoms with van der Waals surface area (Å²) in [7, 11) is 0. The predicted octanol–water partition coefficient (Wildman–Crippen LogP) is 2.00. The third-order valence-electron chi connectivity index (χ3n) is 3.36. The normalized spacial score (nSPS) is 21.2. The minimum atomic E-state index is -0.309. The number of hydrogen-bond donors (Lipinski definition) is 1. The summed E-state index contributed by atoms with van der Waals surface area (Å²) in [5, 5.41) is 5.08. The van der Waals surface area contributed by atoms with E-state index >= 15 is 0 Å². The predicted molar refractivity (Wildman–Crippen MR) is 79.2 cm³/mol. The second-order valence-corrected chi connectivity index (χ2v) is 5.69. The molecule has 1 aromatic heterocycles. The second kappa shape index (κ2) is 7.51. The Labute approximate surface area is 127 Å². The van der Waals surface area contributed by atoms with E-state index in [4.69, 9.17) is 9.47 Å². The van der Waals surface area contributed by atoms with Gasteiger partial charge in [0, 0.05) is 12.0 Å². The van der Waals surface area contributed by atoms with Crippen LogP contribution in [0, 0.1) is 5.92 Å². The summed E-state index contributed by atoms with van der Waals surface area (Å²) in [6.45, 7) is 4.75. The Morgan fingerprint density at radius 1 is 1.52 bits per heavy atom. The molecule has 0 saturated carbocycles. The zero-order chi connectivity index (χ0) is 15.2. The van der Waals surface area contributed by atoms with Crippen molar-refractivity contribution in [2.24, 2.45) is 5.92 Å². The third kappa shape index (κ3) is 4.25. The highest BCUT2D eigenvalue weighted by Crippen LogP contribution is 2.25. The number of aromatic nitrogens is 1. The summed E-state index contributed by atoms with van der Waals surface area (Å²) in [4.78, 5) is 27.8. The van der Waals surface area contributed by atoms with Crippen LogP contribution in [0.2, 0.25) is 0 Å². The van der Waals surface area contributed by atoms with Crippen molar-refractivity contribution in [1.82, 2.24) is 4.98 Å². The van der Waals surface area contributed by atoms with Crippen LogP contribution < -0.4 is 5.32 Å². The number of anilines is 1. The Balaban J connectivity index is 1.90. The van der Waals surface area contributed by atoms with Gasteiger partial charge in [-0.2, -0.15) is 0 Å². The SMILES string of the molecule is CCOC(=O)Cc1csc(NC(=O)C2CCOC2CC)n1. The zero-order valence-electron chi connectivity index (χ0n) is 12.3. The topological polar surface area (TPSA) is 77.5 Å². The van der Waals surface area contributed by atoms with Crippen LogP contribution in [0.5, 0.6) is 0 Å². The van der Waals surface area contributed by atoms with E-state index in [-0.39, 0.29) is 30.3 Å². The van der Waals surface area contributed by atoms with Crippen molar-refractivity contribution >= 4 is 28.3 Å². The molecule has 0 bridgehead atoms. The van der Waals surface area contributed by atoms with Gasteiger partial charge in [-0.05, 0) is 19.8 Å². The lowest BCUT2D eigenvalue weighted by molar-refractivity contribution is -0.142. The van der Waals surface area contributed by atoms with Gasteiger partial charge in [-0.1, -0.05) is 6.92 Å². The van der Waals surface area contributed by atoms with Crippen LogP contribution in [-0.2, 0) is 25.5 Å². The fourth-order valence-electron chi connectivity index (χ4n) is 2.35. The molecule has 21 heavy (non-hydrogen) atoms. The van der Waals surface area contributed by atoms with Gasteiger partial charge in [0.2, 0.25) is 5.91 Å². The van der Waals surface area contributed by atoms with E-state index in [1.54, 1.807) is 12.3 Å². The van der Waals surface area contributed by atoms with Crippen LogP contribution in [0.4, 0.5) is 5.13 Å². The van der Waals surface area contributed by atoms with Gasteiger partial charge in [-0.25, -0.2) is 4.98 Å². The number of rotatable bonds is 6. The van der Waals surface area contributed by atoms with Crippen LogP contribution >= 0.6 is 11.3 Å². The van der Waals surface area contributed by atoms with E-state index in [1.165, 1.54) is 11.3 Å². The van der Waals surface area contributed by atoms with Crippen LogP contribution in [0.3, 0.4) is 0 Å². The quantitative estimate of drug-likeness (QED) is 0.813. The monoisotopic (exact) mass is 312 g/mol. The van der Waals surface area contributed by atoms with Crippen LogP contribution in [0.15, 0.2) is 5.38 Å². The molecule has 0 radical (unpaired) electrons. The molecule has 2 rings (SSSR count). The number of esters is 1. The fraction of sp³-hybridized carbons (Fsp3) is 0.643. The number of ether oxygens (including phenoxy) is 2. The number of nitrogens with one attached hydrogen (secondary N) is 1. The molecule has 7 heteroatoms. The van der Waals surface area contributed by atoms with Crippen molar-refractivity contribution in [3.63, 3.8) is 0 Å². The van der Waals surface area contributed by atoms with Crippen LogP contribution in [-0.4, -0.2) is 36.2 Å². The molecule has 1 saturated heterocycles. The first-order valence-corrected chi connectivity index (χ1v) is 8.04. The van der Waals surface area contributed by atoms with E-state index in [0.717, 1.165) is 12.8 Å². The molecule has 116 valence electrons. The molecule has 1 N–H and O–H groups in total. The maximum Gasteiger partial charge on any atom is 0.311 e. The molecule has 6 nitrogen and oxygen atoms in total. The first-order valence-electron chi connectivity index (χ1n) is 7.16. The van der Waals surface area contributed by atoms with E-state index in [9.17, 15) is 9.59 Å². The molecule has 2 heterocycles. The molecule has 1 fully saturated rings. The highest BCUT2D eigenvalue weighted by molar-refractivity contribution is 7.13. The van der Waals surface area contributed by atoms with Gasteiger partial charge in [0.25, 0.3) is 0 Å². The molecule has 0 spiro atoms.